The van der Waals surface area contributed by atoms with Crippen LogP contribution in [0, 0.1) is 0 Å². The fourth-order valence-electron chi connectivity index (χ4n) is 2.63. The van der Waals surface area contributed by atoms with Gasteiger partial charge in [-0.15, -0.1) is 0 Å². The van der Waals surface area contributed by atoms with Crippen molar-refractivity contribution in [3.8, 4) is 0 Å². The van der Waals surface area contributed by atoms with E-state index >= 15 is 0 Å². The van der Waals surface area contributed by atoms with Gasteiger partial charge in [-0.3, -0.25) is 0 Å². The van der Waals surface area contributed by atoms with E-state index in [1.807, 2.05) is 23.5 Å². The number of hydrogen-bond donors (Lipinski definition) is 0. The summed E-state index contributed by atoms with van der Waals surface area (Å²) in [5.41, 5.74) is 0. The average molecular weight is 365 g/mol. The summed E-state index contributed by atoms with van der Waals surface area (Å²) >= 11 is 3.97. The molecule has 0 spiro atoms. The van der Waals surface area contributed by atoms with Crippen LogP contribution in [0.5, 0.6) is 0 Å². The Morgan fingerprint density at radius 3 is 1.65 bits per heavy atom. The zero-order chi connectivity index (χ0) is 16.0. The van der Waals surface area contributed by atoms with Gasteiger partial charge in [0.05, 0.1) is 13.2 Å². The number of thioether (sulfide) groups is 2. The third-order valence-electron chi connectivity index (χ3n) is 3.92. The van der Waals surface area contributed by atoms with Crippen molar-refractivity contribution in [2.75, 3.05) is 49.4 Å². The third-order valence-corrected chi connectivity index (χ3v) is 5.98. The van der Waals surface area contributed by atoms with Gasteiger partial charge >= 0.3 is 0 Å². The summed E-state index contributed by atoms with van der Waals surface area (Å²) in [5.74, 6) is 4.59. The van der Waals surface area contributed by atoms with E-state index < -0.39 is 0 Å². The fourth-order valence-corrected chi connectivity index (χ4v) is 4.35. The molecule has 2 aliphatic rings. The van der Waals surface area contributed by atoms with Gasteiger partial charge in [0.1, 0.15) is 0 Å². The molecule has 0 bridgehead atoms. The van der Waals surface area contributed by atoms with Crippen molar-refractivity contribution in [2.45, 2.75) is 57.5 Å². The van der Waals surface area contributed by atoms with Crippen molar-refractivity contribution < 1.29 is 18.9 Å². The minimum Gasteiger partial charge on any atom is -0.353 e. The molecule has 2 aliphatic heterocycles. The van der Waals surface area contributed by atoms with Crippen LogP contribution in [0.15, 0.2) is 0 Å². The van der Waals surface area contributed by atoms with Crippen LogP contribution in [-0.4, -0.2) is 62.0 Å². The lowest BCUT2D eigenvalue weighted by atomic mass is 10.2. The molecule has 6 heteroatoms. The first kappa shape index (κ1) is 19.9. The number of ether oxygens (including phenoxy) is 4. The third kappa shape index (κ3) is 10.2. The molecule has 0 aromatic rings. The first-order valence-corrected chi connectivity index (χ1v) is 11.4. The van der Waals surface area contributed by atoms with Gasteiger partial charge in [0, 0.05) is 24.7 Å². The first-order chi connectivity index (χ1) is 11.4. The van der Waals surface area contributed by atoms with Crippen molar-refractivity contribution in [3.05, 3.63) is 0 Å². The van der Waals surface area contributed by atoms with Crippen LogP contribution in [-0.2, 0) is 18.9 Å². The molecule has 2 heterocycles. The molecule has 0 radical (unpaired) electrons. The van der Waals surface area contributed by atoms with Crippen molar-refractivity contribution in [1.29, 1.82) is 0 Å². The van der Waals surface area contributed by atoms with E-state index in [4.69, 9.17) is 18.9 Å². The molecule has 2 saturated heterocycles. The van der Waals surface area contributed by atoms with E-state index in [2.05, 4.69) is 0 Å². The molecule has 23 heavy (non-hydrogen) atoms. The van der Waals surface area contributed by atoms with E-state index in [9.17, 15) is 0 Å². The fraction of sp³-hybridized carbons (Fsp3) is 1.00. The summed E-state index contributed by atoms with van der Waals surface area (Å²) in [5, 5.41) is 0. The Morgan fingerprint density at radius 1 is 0.696 bits per heavy atom. The smallest absolute Gasteiger partial charge is 0.157 e. The summed E-state index contributed by atoms with van der Waals surface area (Å²) in [4.78, 5) is 0. The van der Waals surface area contributed by atoms with Crippen LogP contribution < -0.4 is 0 Å². The second kappa shape index (κ2) is 13.8. The molecule has 0 amide bonds. The summed E-state index contributed by atoms with van der Waals surface area (Å²) in [7, 11) is 0. The molecule has 0 aromatic carbocycles. The Bertz CT molecular complexity index is 243. The molecule has 2 fully saturated rings. The molecule has 0 aromatic heterocycles. The molecule has 2 rings (SSSR count). The van der Waals surface area contributed by atoms with Crippen LogP contribution in [0.3, 0.4) is 0 Å². The van der Waals surface area contributed by atoms with E-state index in [-0.39, 0.29) is 12.6 Å². The maximum Gasteiger partial charge on any atom is 0.157 e. The Hall–Kier alpha value is 0.540. The second-order valence-electron chi connectivity index (χ2n) is 5.91. The largest absolute Gasteiger partial charge is 0.353 e. The molecule has 4 nitrogen and oxygen atoms in total. The van der Waals surface area contributed by atoms with E-state index in [0.717, 1.165) is 50.8 Å². The van der Waals surface area contributed by atoms with Gasteiger partial charge < -0.3 is 18.9 Å². The van der Waals surface area contributed by atoms with Crippen LogP contribution in [0.25, 0.3) is 0 Å². The highest BCUT2D eigenvalue weighted by atomic mass is 32.2. The number of rotatable bonds is 12. The molecular weight excluding hydrogens is 332 g/mol. The van der Waals surface area contributed by atoms with Gasteiger partial charge in [0.15, 0.2) is 12.6 Å². The molecule has 0 saturated carbocycles. The van der Waals surface area contributed by atoms with Gasteiger partial charge in [-0.1, -0.05) is 0 Å². The maximum absolute atomic E-state index is 5.72. The lowest BCUT2D eigenvalue weighted by molar-refractivity contribution is -0.158. The van der Waals surface area contributed by atoms with Gasteiger partial charge in [-0.05, 0) is 56.5 Å². The molecule has 0 aliphatic carbocycles. The zero-order valence-electron chi connectivity index (χ0n) is 14.2. The normalized spacial score (nSPS) is 25.6. The van der Waals surface area contributed by atoms with Gasteiger partial charge in [0.2, 0.25) is 0 Å². The maximum atomic E-state index is 5.72. The van der Waals surface area contributed by atoms with E-state index in [1.54, 1.807) is 0 Å². The van der Waals surface area contributed by atoms with Crippen molar-refractivity contribution >= 4 is 23.5 Å². The van der Waals surface area contributed by atoms with Crippen molar-refractivity contribution in [2.24, 2.45) is 0 Å². The van der Waals surface area contributed by atoms with Crippen LogP contribution in [0.4, 0.5) is 0 Å². The predicted molar refractivity (Wildman–Crippen MR) is 98.4 cm³/mol. The van der Waals surface area contributed by atoms with E-state index in [1.165, 1.54) is 43.6 Å². The zero-order valence-corrected chi connectivity index (χ0v) is 15.8. The Morgan fingerprint density at radius 2 is 1.22 bits per heavy atom. The van der Waals surface area contributed by atoms with Gasteiger partial charge in [-0.25, -0.2) is 0 Å². The summed E-state index contributed by atoms with van der Waals surface area (Å²) in [6.45, 7) is 3.37. The summed E-state index contributed by atoms with van der Waals surface area (Å²) < 4.78 is 22.5. The van der Waals surface area contributed by atoms with E-state index in [0.29, 0.717) is 0 Å². The quantitative estimate of drug-likeness (QED) is 0.488. The standard InChI is InChI=1S/C17H32O4S2/c1-3-8-18-16(6-1)20-10-14-22-12-5-13-23-15-11-21-17-7-2-4-9-19-17/h16-17H,1-15H2. The van der Waals surface area contributed by atoms with Crippen LogP contribution >= 0.6 is 23.5 Å². The highest BCUT2D eigenvalue weighted by Crippen LogP contribution is 2.16. The minimum absolute atomic E-state index is 0.0630. The highest BCUT2D eigenvalue weighted by Gasteiger charge is 2.14. The van der Waals surface area contributed by atoms with Gasteiger partial charge in [-0.2, -0.15) is 23.5 Å². The highest BCUT2D eigenvalue weighted by molar-refractivity contribution is 8.00. The van der Waals surface area contributed by atoms with Crippen molar-refractivity contribution in [1.82, 2.24) is 0 Å². The van der Waals surface area contributed by atoms with Gasteiger partial charge in [0.25, 0.3) is 0 Å². The van der Waals surface area contributed by atoms with Crippen molar-refractivity contribution in [3.63, 3.8) is 0 Å². The molecule has 2 unspecified atom stereocenters. The first-order valence-electron chi connectivity index (χ1n) is 9.07. The predicted octanol–water partition coefficient (Wildman–Crippen LogP) is 3.93. The SMILES string of the molecule is C1CCC(OCCSCCCSCCOC2CCCCO2)OC1. The summed E-state index contributed by atoms with van der Waals surface area (Å²) in [6.07, 6.45) is 8.37. The van der Waals surface area contributed by atoms with Crippen LogP contribution in [0.1, 0.15) is 44.9 Å². The molecular formula is C17H32O4S2. The Balaban J connectivity index is 1.26. The Kier molecular flexibility index (Phi) is 11.9. The minimum atomic E-state index is 0.0630. The van der Waals surface area contributed by atoms with Crippen LogP contribution in [0.2, 0.25) is 0 Å². The lowest BCUT2D eigenvalue weighted by Crippen LogP contribution is -2.23. The summed E-state index contributed by atoms with van der Waals surface area (Å²) in [6, 6.07) is 0. The molecule has 0 N–H and O–H groups in total. The molecule has 2 atom stereocenters. The monoisotopic (exact) mass is 364 g/mol. The average Bonchev–Trinajstić information content (AvgIpc) is 2.61. The lowest BCUT2D eigenvalue weighted by Gasteiger charge is -2.22. The number of hydrogen-bond acceptors (Lipinski definition) is 6. The second-order valence-corrected chi connectivity index (χ2v) is 8.36. The molecule has 136 valence electrons. The Labute approximate surface area is 149 Å². The topological polar surface area (TPSA) is 36.9 Å².